The maximum atomic E-state index is 14.7. The van der Waals surface area contributed by atoms with Crippen LogP contribution < -0.4 is 0 Å². The van der Waals surface area contributed by atoms with Crippen LogP contribution in [0.5, 0.6) is 0 Å². The van der Waals surface area contributed by atoms with Crippen molar-refractivity contribution in [1.82, 2.24) is 0 Å². The van der Waals surface area contributed by atoms with Crippen LogP contribution in [0.1, 0.15) is 58.8 Å². The summed E-state index contributed by atoms with van der Waals surface area (Å²) in [5.41, 5.74) is -2.55. The second-order valence-electron chi connectivity index (χ2n) is 7.53. The summed E-state index contributed by atoms with van der Waals surface area (Å²) in [7, 11) is 0. The van der Waals surface area contributed by atoms with Crippen LogP contribution in [0.4, 0.5) is 30.7 Å². The lowest BCUT2D eigenvalue weighted by Gasteiger charge is -2.37. The first-order chi connectivity index (χ1) is 11.0. The first-order valence-electron chi connectivity index (χ1n) is 7.91. The second-order valence-corrected chi connectivity index (χ2v) is 7.53. The van der Waals surface area contributed by atoms with Crippen LogP contribution in [0.3, 0.4) is 0 Å². The van der Waals surface area contributed by atoms with E-state index < -0.39 is 54.8 Å². The predicted molar refractivity (Wildman–Crippen MR) is 75.6 cm³/mol. The van der Waals surface area contributed by atoms with E-state index in [0.717, 1.165) is 0 Å². The fraction of sp³-hybridized carbons (Fsp3) is 0.875. The van der Waals surface area contributed by atoms with Gasteiger partial charge in [0.15, 0.2) is 11.5 Å². The molecule has 1 aliphatic carbocycles. The Labute approximate surface area is 141 Å². The molecule has 25 heavy (non-hydrogen) atoms. The van der Waals surface area contributed by atoms with Crippen LogP contribution >= 0.6 is 0 Å². The van der Waals surface area contributed by atoms with Gasteiger partial charge in [0.25, 0.3) is 0 Å². The molecule has 0 bridgehead atoms. The molecule has 0 unspecified atom stereocenters. The van der Waals surface area contributed by atoms with Gasteiger partial charge in [0.2, 0.25) is 0 Å². The largest absolute Gasteiger partial charge is 0.389 e. The molecule has 1 fully saturated rings. The maximum absolute atomic E-state index is 14.7. The summed E-state index contributed by atoms with van der Waals surface area (Å²) in [6.45, 7) is 3.73. The van der Waals surface area contributed by atoms with Gasteiger partial charge in [-0.1, -0.05) is 13.8 Å². The Bertz CT molecular complexity index is 480. The molecule has 1 rings (SSSR count). The van der Waals surface area contributed by atoms with E-state index in [0.29, 0.717) is 12.8 Å². The predicted octanol–water partition coefficient (Wildman–Crippen LogP) is 5.34. The SMILES string of the molecule is CC1(C)CCC(F)(C(=O)CC(=O)C(CC(F)(F)F)CC(F)(F)F)CC1. The van der Waals surface area contributed by atoms with Crippen LogP contribution in [0.25, 0.3) is 0 Å². The van der Waals surface area contributed by atoms with E-state index in [1.807, 2.05) is 13.8 Å². The zero-order valence-electron chi connectivity index (χ0n) is 14.0. The van der Waals surface area contributed by atoms with Gasteiger partial charge in [-0.05, 0) is 31.1 Å². The van der Waals surface area contributed by atoms with Crippen LogP contribution in [0, 0.1) is 11.3 Å². The van der Waals surface area contributed by atoms with E-state index in [-0.39, 0.29) is 18.3 Å². The van der Waals surface area contributed by atoms with E-state index in [2.05, 4.69) is 0 Å². The quantitative estimate of drug-likeness (QED) is 0.462. The third-order valence-electron chi connectivity index (χ3n) is 4.64. The van der Waals surface area contributed by atoms with Crippen molar-refractivity contribution in [3.63, 3.8) is 0 Å². The van der Waals surface area contributed by atoms with Crippen molar-refractivity contribution in [2.24, 2.45) is 11.3 Å². The highest BCUT2D eigenvalue weighted by Gasteiger charge is 2.47. The minimum absolute atomic E-state index is 0.185. The molecule has 2 nitrogen and oxygen atoms in total. The fourth-order valence-corrected chi connectivity index (χ4v) is 2.92. The number of hydrogen-bond donors (Lipinski definition) is 0. The Hall–Kier alpha value is -1.15. The Morgan fingerprint density at radius 2 is 1.28 bits per heavy atom. The molecule has 9 heteroatoms. The first kappa shape index (κ1) is 21.9. The smallest absolute Gasteiger partial charge is 0.299 e. The van der Waals surface area contributed by atoms with Crippen molar-refractivity contribution >= 4 is 11.6 Å². The number of carbonyl (C=O) groups excluding carboxylic acids is 2. The van der Waals surface area contributed by atoms with Gasteiger partial charge in [-0.25, -0.2) is 4.39 Å². The number of carbonyl (C=O) groups is 2. The van der Waals surface area contributed by atoms with Crippen LogP contribution in [0.15, 0.2) is 0 Å². The standard InChI is InChI=1S/C16H21F7O2/c1-13(2)3-5-14(17,6-4-13)12(25)7-11(24)10(8-15(18,19)20)9-16(21,22)23/h10H,3-9H2,1-2H3. The van der Waals surface area contributed by atoms with Gasteiger partial charge in [-0.15, -0.1) is 0 Å². The number of halogens is 7. The topological polar surface area (TPSA) is 34.1 Å². The number of Topliss-reactive ketones (excluding diaryl/α,β-unsaturated/α-hetero) is 2. The van der Waals surface area contributed by atoms with Crippen molar-refractivity contribution in [2.75, 3.05) is 0 Å². The van der Waals surface area contributed by atoms with Crippen LogP contribution in [0.2, 0.25) is 0 Å². The molecular weight excluding hydrogens is 357 g/mol. The summed E-state index contributed by atoms with van der Waals surface area (Å²) < 4.78 is 89.2. The molecule has 0 radical (unpaired) electrons. The molecule has 0 amide bonds. The van der Waals surface area contributed by atoms with Gasteiger partial charge in [-0.3, -0.25) is 9.59 Å². The molecule has 0 heterocycles. The van der Waals surface area contributed by atoms with Crippen molar-refractivity contribution in [3.05, 3.63) is 0 Å². The molecule has 0 aromatic heterocycles. The zero-order valence-corrected chi connectivity index (χ0v) is 14.0. The lowest BCUT2D eigenvalue weighted by Crippen LogP contribution is -2.42. The zero-order chi connectivity index (χ0) is 19.7. The van der Waals surface area contributed by atoms with Gasteiger partial charge < -0.3 is 0 Å². The minimum atomic E-state index is -4.99. The molecule has 0 aromatic rings. The van der Waals surface area contributed by atoms with Gasteiger partial charge >= 0.3 is 12.4 Å². The average Bonchev–Trinajstić information content (AvgIpc) is 2.38. The molecule has 0 aliphatic heterocycles. The lowest BCUT2D eigenvalue weighted by atomic mass is 9.69. The number of rotatable bonds is 6. The summed E-state index contributed by atoms with van der Waals surface area (Å²) in [6.07, 6.45) is -14.9. The number of ketones is 2. The van der Waals surface area contributed by atoms with Crippen molar-refractivity contribution in [3.8, 4) is 0 Å². The lowest BCUT2D eigenvalue weighted by molar-refractivity contribution is -0.178. The molecule has 146 valence electrons. The molecule has 0 aromatic carbocycles. The molecule has 0 spiro atoms. The van der Waals surface area contributed by atoms with E-state index >= 15 is 0 Å². The molecule has 0 N–H and O–H groups in total. The second kappa shape index (κ2) is 7.23. The van der Waals surface area contributed by atoms with Gasteiger partial charge in [0.1, 0.15) is 5.78 Å². The molecular formula is C16H21F7O2. The van der Waals surface area contributed by atoms with E-state index in [4.69, 9.17) is 0 Å². The van der Waals surface area contributed by atoms with E-state index in [1.165, 1.54) is 0 Å². The Kier molecular flexibility index (Phi) is 6.33. The summed E-state index contributed by atoms with van der Waals surface area (Å²) in [5.74, 6) is -5.16. The van der Waals surface area contributed by atoms with E-state index in [1.54, 1.807) is 0 Å². The summed E-state index contributed by atoms with van der Waals surface area (Å²) in [6, 6.07) is 0. The van der Waals surface area contributed by atoms with Crippen molar-refractivity contribution in [1.29, 1.82) is 0 Å². The first-order valence-corrected chi connectivity index (χ1v) is 7.91. The molecule has 0 saturated heterocycles. The van der Waals surface area contributed by atoms with E-state index in [9.17, 15) is 40.3 Å². The third-order valence-corrected chi connectivity index (χ3v) is 4.64. The Morgan fingerprint density at radius 1 is 0.880 bits per heavy atom. The summed E-state index contributed by atoms with van der Waals surface area (Å²) >= 11 is 0. The molecule has 1 saturated carbocycles. The monoisotopic (exact) mass is 378 g/mol. The average molecular weight is 378 g/mol. The Morgan fingerprint density at radius 3 is 1.64 bits per heavy atom. The number of hydrogen-bond acceptors (Lipinski definition) is 2. The van der Waals surface area contributed by atoms with Gasteiger partial charge in [-0.2, -0.15) is 26.3 Å². The Balaban J connectivity index is 2.80. The summed E-state index contributed by atoms with van der Waals surface area (Å²) in [5, 5.41) is 0. The van der Waals surface area contributed by atoms with Crippen molar-refractivity contribution in [2.45, 2.75) is 76.8 Å². The minimum Gasteiger partial charge on any atom is -0.299 e. The maximum Gasteiger partial charge on any atom is 0.389 e. The highest BCUT2D eigenvalue weighted by Crippen LogP contribution is 2.43. The van der Waals surface area contributed by atoms with Crippen molar-refractivity contribution < 1.29 is 40.3 Å². The highest BCUT2D eigenvalue weighted by molar-refractivity contribution is 6.03. The fourth-order valence-electron chi connectivity index (χ4n) is 2.92. The summed E-state index contributed by atoms with van der Waals surface area (Å²) in [4.78, 5) is 23.9. The molecule has 0 atom stereocenters. The highest BCUT2D eigenvalue weighted by atomic mass is 19.4. The van der Waals surface area contributed by atoms with Gasteiger partial charge in [0.05, 0.1) is 19.3 Å². The van der Waals surface area contributed by atoms with Crippen LogP contribution in [-0.4, -0.2) is 29.6 Å². The normalized spacial score (nSPS) is 20.6. The third kappa shape index (κ3) is 7.32. The number of alkyl halides is 7. The molecule has 1 aliphatic rings. The van der Waals surface area contributed by atoms with Crippen LogP contribution in [-0.2, 0) is 9.59 Å². The van der Waals surface area contributed by atoms with Gasteiger partial charge in [0, 0.05) is 5.92 Å².